The zero-order chi connectivity index (χ0) is 8.97. The molecule has 0 radical (unpaired) electrons. The second kappa shape index (κ2) is 4.47. The third kappa shape index (κ3) is 2.83. The van der Waals surface area contributed by atoms with E-state index in [9.17, 15) is 0 Å². The molecule has 3 atom stereocenters. The lowest BCUT2D eigenvalue weighted by atomic mass is 10.1. The largest absolute Gasteiger partial charge is 0.313 e. The zero-order valence-electron chi connectivity index (χ0n) is 8.01. The van der Waals surface area contributed by atoms with Gasteiger partial charge in [0, 0.05) is 6.04 Å². The molecule has 2 heteroatoms. The molecule has 0 aromatic carbocycles. The van der Waals surface area contributed by atoms with Gasteiger partial charge in [-0.1, -0.05) is 13.8 Å². The van der Waals surface area contributed by atoms with Gasteiger partial charge in [0.05, 0.1) is 12.5 Å². The van der Waals surface area contributed by atoms with Crippen molar-refractivity contribution >= 4 is 0 Å². The summed E-state index contributed by atoms with van der Waals surface area (Å²) in [6.07, 6.45) is 3.09. The summed E-state index contributed by atoms with van der Waals surface area (Å²) >= 11 is 0. The van der Waals surface area contributed by atoms with Crippen molar-refractivity contribution < 1.29 is 0 Å². The minimum Gasteiger partial charge on any atom is -0.313 e. The second-order valence-electron chi connectivity index (χ2n) is 3.85. The van der Waals surface area contributed by atoms with Crippen LogP contribution in [0.15, 0.2) is 0 Å². The molecule has 1 fully saturated rings. The van der Waals surface area contributed by atoms with Crippen LogP contribution in [-0.4, -0.2) is 12.6 Å². The molecule has 0 bridgehead atoms. The average molecular weight is 166 g/mol. The maximum Gasteiger partial charge on any atom is 0.0638 e. The molecule has 0 spiro atoms. The number of rotatable bonds is 5. The summed E-state index contributed by atoms with van der Waals surface area (Å²) in [5.74, 6) is 1.80. The summed E-state index contributed by atoms with van der Waals surface area (Å²) in [5, 5.41) is 12.0. The standard InChI is InChI=1S/C10H18N2/c1-3-10(4-5-11)12-7-9-6-8(9)2/h8-10,12H,3-4,6-7H2,1-2H3. The van der Waals surface area contributed by atoms with Gasteiger partial charge in [-0.3, -0.25) is 0 Å². The Morgan fingerprint density at radius 1 is 1.67 bits per heavy atom. The van der Waals surface area contributed by atoms with Gasteiger partial charge in [0.25, 0.3) is 0 Å². The van der Waals surface area contributed by atoms with Gasteiger partial charge < -0.3 is 5.32 Å². The highest BCUT2D eigenvalue weighted by molar-refractivity contribution is 4.87. The summed E-state index contributed by atoms with van der Waals surface area (Å²) < 4.78 is 0. The number of hydrogen-bond donors (Lipinski definition) is 1. The summed E-state index contributed by atoms with van der Waals surface area (Å²) in [6, 6.07) is 2.63. The Labute approximate surface area is 75.0 Å². The van der Waals surface area contributed by atoms with E-state index < -0.39 is 0 Å². The molecule has 1 saturated carbocycles. The molecule has 0 saturated heterocycles. The highest BCUT2D eigenvalue weighted by atomic mass is 14.9. The monoisotopic (exact) mass is 166 g/mol. The third-order valence-corrected chi connectivity index (χ3v) is 2.78. The smallest absolute Gasteiger partial charge is 0.0638 e. The molecule has 0 amide bonds. The molecular formula is C10H18N2. The van der Waals surface area contributed by atoms with E-state index in [1.807, 2.05) is 0 Å². The number of nitrogens with zero attached hydrogens (tertiary/aromatic N) is 1. The van der Waals surface area contributed by atoms with Gasteiger partial charge >= 0.3 is 0 Å². The fourth-order valence-corrected chi connectivity index (χ4v) is 1.47. The van der Waals surface area contributed by atoms with E-state index in [1.54, 1.807) is 0 Å². The SMILES string of the molecule is CCC(CC#N)NCC1CC1C. The molecule has 1 rings (SSSR count). The van der Waals surface area contributed by atoms with Crippen LogP contribution in [0, 0.1) is 23.2 Å². The van der Waals surface area contributed by atoms with Crippen molar-refractivity contribution in [2.45, 2.75) is 39.2 Å². The first kappa shape index (κ1) is 9.54. The van der Waals surface area contributed by atoms with Crippen molar-refractivity contribution in [3.63, 3.8) is 0 Å². The number of hydrogen-bond acceptors (Lipinski definition) is 2. The Balaban J connectivity index is 2.07. The Morgan fingerprint density at radius 2 is 2.33 bits per heavy atom. The minimum absolute atomic E-state index is 0.419. The first-order valence-electron chi connectivity index (χ1n) is 4.88. The van der Waals surface area contributed by atoms with E-state index >= 15 is 0 Å². The molecule has 1 aliphatic carbocycles. The Hall–Kier alpha value is -0.550. The predicted octanol–water partition coefficient (Wildman–Crippen LogP) is 1.92. The molecule has 1 aliphatic rings. The van der Waals surface area contributed by atoms with E-state index in [1.165, 1.54) is 6.42 Å². The van der Waals surface area contributed by atoms with Crippen LogP contribution in [0.3, 0.4) is 0 Å². The molecule has 2 nitrogen and oxygen atoms in total. The maximum absolute atomic E-state index is 8.51. The molecular weight excluding hydrogens is 148 g/mol. The Kier molecular flexibility index (Phi) is 3.55. The molecule has 3 unspecified atom stereocenters. The average Bonchev–Trinajstić information content (AvgIpc) is 2.76. The highest BCUT2D eigenvalue weighted by Crippen LogP contribution is 2.36. The van der Waals surface area contributed by atoms with Crippen molar-refractivity contribution in [2.24, 2.45) is 11.8 Å². The fourth-order valence-electron chi connectivity index (χ4n) is 1.47. The maximum atomic E-state index is 8.51. The lowest BCUT2D eigenvalue weighted by molar-refractivity contribution is 0.483. The van der Waals surface area contributed by atoms with Crippen LogP contribution in [0.25, 0.3) is 0 Å². The van der Waals surface area contributed by atoms with E-state index in [0.717, 1.165) is 24.8 Å². The highest BCUT2D eigenvalue weighted by Gasteiger charge is 2.32. The van der Waals surface area contributed by atoms with Gasteiger partial charge in [0.15, 0.2) is 0 Å². The van der Waals surface area contributed by atoms with Crippen LogP contribution >= 0.6 is 0 Å². The molecule has 68 valence electrons. The van der Waals surface area contributed by atoms with Gasteiger partial charge in [-0.05, 0) is 31.2 Å². The van der Waals surface area contributed by atoms with Crippen LogP contribution in [0.2, 0.25) is 0 Å². The Morgan fingerprint density at radius 3 is 2.75 bits per heavy atom. The van der Waals surface area contributed by atoms with E-state index in [2.05, 4.69) is 25.2 Å². The molecule has 0 aliphatic heterocycles. The van der Waals surface area contributed by atoms with Crippen molar-refractivity contribution in [1.82, 2.24) is 5.32 Å². The normalized spacial score (nSPS) is 29.4. The lowest BCUT2D eigenvalue weighted by Crippen LogP contribution is -2.30. The summed E-state index contributed by atoms with van der Waals surface area (Å²) in [6.45, 7) is 5.53. The number of nitrogens with one attached hydrogen (secondary N) is 1. The molecule has 0 aromatic rings. The fraction of sp³-hybridized carbons (Fsp3) is 0.900. The van der Waals surface area contributed by atoms with Gasteiger partial charge in [-0.15, -0.1) is 0 Å². The van der Waals surface area contributed by atoms with Gasteiger partial charge in [0.1, 0.15) is 0 Å². The van der Waals surface area contributed by atoms with Gasteiger partial charge in [0.2, 0.25) is 0 Å². The van der Waals surface area contributed by atoms with Crippen molar-refractivity contribution in [1.29, 1.82) is 5.26 Å². The van der Waals surface area contributed by atoms with E-state index in [-0.39, 0.29) is 0 Å². The quantitative estimate of drug-likeness (QED) is 0.677. The number of nitriles is 1. The van der Waals surface area contributed by atoms with Crippen LogP contribution in [0.5, 0.6) is 0 Å². The second-order valence-corrected chi connectivity index (χ2v) is 3.85. The van der Waals surface area contributed by atoms with Gasteiger partial charge in [-0.2, -0.15) is 5.26 Å². The summed E-state index contributed by atoms with van der Waals surface area (Å²) in [5.41, 5.74) is 0. The van der Waals surface area contributed by atoms with Crippen molar-refractivity contribution in [3.8, 4) is 6.07 Å². The Bertz CT molecular complexity index is 171. The predicted molar refractivity (Wildman–Crippen MR) is 49.6 cm³/mol. The van der Waals surface area contributed by atoms with E-state index in [0.29, 0.717) is 12.5 Å². The topological polar surface area (TPSA) is 35.8 Å². The van der Waals surface area contributed by atoms with Crippen molar-refractivity contribution in [3.05, 3.63) is 0 Å². The zero-order valence-corrected chi connectivity index (χ0v) is 8.01. The first-order valence-corrected chi connectivity index (χ1v) is 4.88. The minimum atomic E-state index is 0.419. The lowest BCUT2D eigenvalue weighted by Gasteiger charge is -2.12. The van der Waals surface area contributed by atoms with Crippen LogP contribution in [0.1, 0.15) is 33.1 Å². The van der Waals surface area contributed by atoms with Gasteiger partial charge in [-0.25, -0.2) is 0 Å². The van der Waals surface area contributed by atoms with Crippen LogP contribution < -0.4 is 5.32 Å². The van der Waals surface area contributed by atoms with Crippen LogP contribution in [0.4, 0.5) is 0 Å². The van der Waals surface area contributed by atoms with Crippen molar-refractivity contribution in [2.75, 3.05) is 6.54 Å². The first-order chi connectivity index (χ1) is 5.77. The molecule has 0 aromatic heterocycles. The third-order valence-electron chi connectivity index (χ3n) is 2.78. The molecule has 12 heavy (non-hydrogen) atoms. The molecule has 1 N–H and O–H groups in total. The van der Waals surface area contributed by atoms with E-state index in [4.69, 9.17) is 5.26 Å². The summed E-state index contributed by atoms with van der Waals surface area (Å²) in [4.78, 5) is 0. The summed E-state index contributed by atoms with van der Waals surface area (Å²) in [7, 11) is 0. The molecule has 0 heterocycles. The van der Waals surface area contributed by atoms with Crippen LogP contribution in [-0.2, 0) is 0 Å².